The zero-order valence-corrected chi connectivity index (χ0v) is 24.0. The lowest BCUT2D eigenvalue weighted by Gasteiger charge is -2.32. The van der Waals surface area contributed by atoms with Crippen molar-refractivity contribution in [2.75, 3.05) is 23.9 Å². The van der Waals surface area contributed by atoms with E-state index in [2.05, 4.69) is 14.5 Å². The molecule has 0 bridgehead atoms. The summed E-state index contributed by atoms with van der Waals surface area (Å²) in [7, 11) is -3.90. The Morgan fingerprint density at radius 1 is 1.03 bits per heavy atom. The van der Waals surface area contributed by atoms with Crippen LogP contribution in [0.5, 0.6) is 0 Å². The van der Waals surface area contributed by atoms with Crippen molar-refractivity contribution in [2.24, 2.45) is 5.92 Å². The molecule has 0 amide bonds. The maximum Gasteiger partial charge on any atom is 0.264 e. The molecule has 1 aliphatic rings. The van der Waals surface area contributed by atoms with Crippen LogP contribution in [0.3, 0.4) is 0 Å². The zero-order valence-electron chi connectivity index (χ0n) is 20.9. The third kappa shape index (κ3) is 7.87. The highest BCUT2D eigenvalue weighted by atomic mass is 35.5. The van der Waals surface area contributed by atoms with E-state index < -0.39 is 10.0 Å². The average molecular weight is 584 g/mol. The third-order valence-electron chi connectivity index (χ3n) is 6.68. The van der Waals surface area contributed by atoms with Crippen LogP contribution in [-0.2, 0) is 16.6 Å². The molecule has 1 heterocycles. The second-order valence-corrected chi connectivity index (χ2v) is 12.8. The van der Waals surface area contributed by atoms with Gasteiger partial charge in [0.25, 0.3) is 10.0 Å². The number of halogens is 3. The summed E-state index contributed by atoms with van der Waals surface area (Å²) in [5.41, 5.74) is 0.381. The summed E-state index contributed by atoms with van der Waals surface area (Å²) in [6.45, 7) is 5.90. The Morgan fingerprint density at radius 3 is 2.41 bits per heavy atom. The van der Waals surface area contributed by atoms with E-state index in [1.54, 1.807) is 36.5 Å². The van der Waals surface area contributed by atoms with E-state index in [-0.39, 0.29) is 10.9 Å². The van der Waals surface area contributed by atoms with Gasteiger partial charge in [0.15, 0.2) is 0 Å². The van der Waals surface area contributed by atoms with Crippen LogP contribution in [0, 0.1) is 5.92 Å². The van der Waals surface area contributed by atoms with Crippen molar-refractivity contribution < 1.29 is 8.42 Å². The molecule has 1 saturated carbocycles. The maximum absolute atomic E-state index is 13.8. The van der Waals surface area contributed by atoms with Crippen LogP contribution < -0.4 is 4.31 Å². The van der Waals surface area contributed by atoms with E-state index in [4.69, 9.17) is 34.8 Å². The van der Waals surface area contributed by atoms with E-state index in [1.165, 1.54) is 29.3 Å². The van der Waals surface area contributed by atoms with Gasteiger partial charge in [-0.15, -0.1) is 0 Å². The molecular weight excluding hydrogens is 551 g/mol. The SMILES string of the molecule is CC(CCCN(CCCn1ccnc1)CC1CC1)N(c1cc(Cl)ccc1Cl)S(=O)(=O)c1ccc(Cl)cc1. The Kier molecular flexibility index (Phi) is 9.81. The van der Waals surface area contributed by atoms with Gasteiger partial charge in [0.1, 0.15) is 0 Å². The molecule has 10 heteroatoms. The van der Waals surface area contributed by atoms with Gasteiger partial charge in [-0.1, -0.05) is 34.8 Å². The van der Waals surface area contributed by atoms with Crippen LogP contribution >= 0.6 is 34.8 Å². The summed E-state index contributed by atoms with van der Waals surface area (Å²) >= 11 is 18.8. The van der Waals surface area contributed by atoms with Gasteiger partial charge in [-0.2, -0.15) is 0 Å². The first-order valence-corrected chi connectivity index (χ1v) is 15.2. The van der Waals surface area contributed by atoms with Gasteiger partial charge in [0, 0.05) is 41.6 Å². The number of sulfonamides is 1. The topological polar surface area (TPSA) is 58.4 Å². The summed E-state index contributed by atoms with van der Waals surface area (Å²) in [6, 6.07) is 10.8. The lowest BCUT2D eigenvalue weighted by molar-refractivity contribution is 0.248. The van der Waals surface area contributed by atoms with Crippen molar-refractivity contribution in [2.45, 2.75) is 56.5 Å². The van der Waals surface area contributed by atoms with Gasteiger partial charge in [0.2, 0.25) is 0 Å². The molecule has 6 nitrogen and oxygen atoms in total. The van der Waals surface area contributed by atoms with Gasteiger partial charge < -0.3 is 9.47 Å². The minimum Gasteiger partial charge on any atom is -0.337 e. The molecule has 3 aromatic rings. The fraction of sp³-hybridized carbons (Fsp3) is 0.444. The van der Waals surface area contributed by atoms with E-state index in [1.807, 2.05) is 19.4 Å². The normalized spacial score (nSPS) is 14.7. The second-order valence-electron chi connectivity index (χ2n) is 9.74. The van der Waals surface area contributed by atoms with Crippen molar-refractivity contribution in [1.82, 2.24) is 14.5 Å². The van der Waals surface area contributed by atoms with Crippen LogP contribution in [-0.4, -0.2) is 48.5 Å². The molecule has 1 aromatic heterocycles. The number of aryl methyl sites for hydroxylation is 1. The second kappa shape index (κ2) is 12.9. The number of hydrogen-bond donors (Lipinski definition) is 0. The largest absolute Gasteiger partial charge is 0.337 e. The van der Waals surface area contributed by atoms with Crippen molar-refractivity contribution in [1.29, 1.82) is 0 Å². The average Bonchev–Trinajstić information content (AvgIpc) is 3.52. The first-order valence-electron chi connectivity index (χ1n) is 12.7. The highest BCUT2D eigenvalue weighted by Gasteiger charge is 2.31. The van der Waals surface area contributed by atoms with Crippen molar-refractivity contribution >= 4 is 50.5 Å². The van der Waals surface area contributed by atoms with Crippen LogP contribution in [0.25, 0.3) is 0 Å². The molecule has 1 atom stereocenters. The predicted octanol–water partition coefficient (Wildman–Crippen LogP) is 7.01. The first kappa shape index (κ1) is 28.2. The van der Waals surface area contributed by atoms with Gasteiger partial charge >= 0.3 is 0 Å². The molecule has 1 aliphatic carbocycles. The number of hydrogen-bond acceptors (Lipinski definition) is 4. The van der Waals surface area contributed by atoms with Gasteiger partial charge in [-0.25, -0.2) is 13.4 Å². The molecule has 0 radical (unpaired) electrons. The molecule has 0 aliphatic heterocycles. The molecule has 4 rings (SSSR count). The summed E-state index contributed by atoms with van der Waals surface area (Å²) in [5.74, 6) is 0.790. The van der Waals surface area contributed by atoms with E-state index >= 15 is 0 Å². The summed E-state index contributed by atoms with van der Waals surface area (Å²) in [6.07, 6.45) is 10.8. The van der Waals surface area contributed by atoms with Crippen LogP contribution in [0.4, 0.5) is 5.69 Å². The third-order valence-corrected chi connectivity index (χ3v) is 9.42. The Labute approximate surface area is 235 Å². The number of benzene rings is 2. The highest BCUT2D eigenvalue weighted by molar-refractivity contribution is 7.92. The van der Waals surface area contributed by atoms with Crippen LogP contribution in [0.15, 0.2) is 66.1 Å². The Bertz CT molecular complexity index is 1250. The van der Waals surface area contributed by atoms with E-state index in [0.717, 1.165) is 44.9 Å². The smallest absolute Gasteiger partial charge is 0.264 e. The van der Waals surface area contributed by atoms with Gasteiger partial charge in [-0.3, -0.25) is 4.31 Å². The Balaban J connectivity index is 1.46. The number of nitrogens with zero attached hydrogens (tertiary/aromatic N) is 4. The molecule has 1 unspecified atom stereocenters. The molecule has 200 valence electrons. The summed E-state index contributed by atoms with van der Waals surface area (Å²) in [5, 5.41) is 1.24. The summed E-state index contributed by atoms with van der Waals surface area (Å²) < 4.78 is 31.1. The van der Waals surface area contributed by atoms with E-state index in [9.17, 15) is 8.42 Å². The van der Waals surface area contributed by atoms with Crippen LogP contribution in [0.1, 0.15) is 39.0 Å². The fourth-order valence-electron chi connectivity index (χ4n) is 4.56. The minimum atomic E-state index is -3.90. The maximum atomic E-state index is 13.8. The lowest BCUT2D eigenvalue weighted by atomic mass is 10.1. The molecular formula is C27H33Cl3N4O2S. The van der Waals surface area contributed by atoms with Crippen molar-refractivity contribution in [3.8, 4) is 0 Å². The quantitative estimate of drug-likeness (QED) is 0.205. The standard InChI is InChI=1S/C27H33Cl3N4O2S/c1-21(4-2-14-32(19-22-5-6-22)15-3-16-33-17-13-31-20-33)34(27-18-24(29)9-12-26(27)30)37(35,36)25-10-7-23(28)8-11-25/h7-13,17-18,20-22H,2-6,14-16,19H2,1H3. The van der Waals surface area contributed by atoms with E-state index in [0.29, 0.717) is 27.2 Å². The minimum absolute atomic E-state index is 0.162. The predicted molar refractivity (Wildman–Crippen MR) is 152 cm³/mol. The number of anilines is 1. The Hall–Kier alpha value is -1.77. The number of rotatable bonds is 14. The molecule has 0 N–H and O–H groups in total. The van der Waals surface area contributed by atoms with Gasteiger partial charge in [-0.05, 0) is 100 Å². The van der Waals surface area contributed by atoms with Crippen molar-refractivity contribution in [3.63, 3.8) is 0 Å². The molecule has 0 saturated heterocycles. The lowest BCUT2D eigenvalue weighted by Crippen LogP contribution is -2.39. The summed E-state index contributed by atoms with van der Waals surface area (Å²) in [4.78, 5) is 6.80. The molecule has 37 heavy (non-hydrogen) atoms. The Morgan fingerprint density at radius 2 is 1.73 bits per heavy atom. The molecule has 1 fully saturated rings. The molecule has 2 aromatic carbocycles. The first-order chi connectivity index (χ1) is 17.7. The number of imidazole rings is 1. The van der Waals surface area contributed by atoms with Gasteiger partial charge in [0.05, 0.1) is 21.9 Å². The zero-order chi connectivity index (χ0) is 26.4. The highest BCUT2D eigenvalue weighted by Crippen LogP contribution is 2.36. The molecule has 0 spiro atoms. The fourth-order valence-corrected chi connectivity index (χ4v) is 6.81. The van der Waals surface area contributed by atoms with Crippen molar-refractivity contribution in [3.05, 3.63) is 76.3 Å². The van der Waals surface area contributed by atoms with Crippen LogP contribution in [0.2, 0.25) is 15.1 Å². The monoisotopic (exact) mass is 582 g/mol. The number of aromatic nitrogens is 2.